The number of benzene rings is 4. The molecule has 0 N–H and O–H groups in total. The summed E-state index contributed by atoms with van der Waals surface area (Å²) in [5.41, 5.74) is 2.88. The van der Waals surface area contributed by atoms with Crippen molar-refractivity contribution < 1.29 is 33.1 Å². The molecule has 3 nitrogen and oxygen atoms in total. The first-order valence-corrected chi connectivity index (χ1v) is 11.1. The van der Waals surface area contributed by atoms with Crippen molar-refractivity contribution in [1.82, 2.24) is 0 Å². The zero-order chi connectivity index (χ0) is 21.6. The number of hydrogen-bond acceptors (Lipinski definition) is 3. The second-order valence-corrected chi connectivity index (χ2v) is 8.45. The second kappa shape index (κ2) is 11.2. The third-order valence-electron chi connectivity index (χ3n) is 4.86. The maximum absolute atomic E-state index is 13.2. The Kier molecular flexibility index (Phi) is 8.31. The number of rotatable bonds is 7. The Balaban J connectivity index is 0.00000289. The van der Waals surface area contributed by atoms with Crippen molar-refractivity contribution in [3.8, 4) is 23.0 Å². The van der Waals surface area contributed by atoms with Crippen LogP contribution in [0.5, 0.6) is 23.0 Å². The van der Waals surface area contributed by atoms with Gasteiger partial charge in [-0.3, -0.25) is 4.79 Å². The molecule has 0 heterocycles. The summed E-state index contributed by atoms with van der Waals surface area (Å²) >= 11 is 0. The molecular formula is C27H23LiO3P+. The molecule has 0 aliphatic rings. The normalized spacial score (nSPS) is 10.6. The van der Waals surface area contributed by atoms with Gasteiger partial charge in [0.2, 0.25) is 0 Å². The molecule has 0 radical (unpaired) electrons. The quantitative estimate of drug-likeness (QED) is 0.326. The van der Waals surface area contributed by atoms with Gasteiger partial charge in [0.1, 0.15) is 23.0 Å². The molecule has 0 aliphatic heterocycles. The Labute approximate surface area is 202 Å². The predicted octanol–water partition coefficient (Wildman–Crippen LogP) is 4.04. The third-order valence-corrected chi connectivity index (χ3v) is 6.02. The summed E-state index contributed by atoms with van der Waals surface area (Å²) < 4.78 is 12.1. The Hall–Kier alpha value is -2.82. The van der Waals surface area contributed by atoms with E-state index in [9.17, 15) is 4.79 Å². The van der Waals surface area contributed by atoms with E-state index in [2.05, 4.69) is 0 Å². The van der Waals surface area contributed by atoms with Gasteiger partial charge in [0, 0.05) is 16.9 Å². The molecule has 0 amide bonds. The molecule has 4 rings (SSSR count). The molecule has 0 spiro atoms. The molecule has 0 saturated carbocycles. The van der Waals surface area contributed by atoms with Crippen molar-refractivity contribution >= 4 is 19.4 Å². The van der Waals surface area contributed by atoms with E-state index in [0.717, 1.165) is 27.7 Å². The summed E-state index contributed by atoms with van der Waals surface area (Å²) in [6.45, 7) is 3.95. The van der Waals surface area contributed by atoms with Gasteiger partial charge in [-0.1, -0.05) is 54.6 Å². The molecule has 5 heteroatoms. The summed E-state index contributed by atoms with van der Waals surface area (Å²) in [6.07, 6.45) is 0. The van der Waals surface area contributed by atoms with E-state index in [-0.39, 0.29) is 33.0 Å². The van der Waals surface area contributed by atoms with Crippen LogP contribution in [-0.2, 0) is 0 Å². The van der Waals surface area contributed by atoms with Gasteiger partial charge >= 0.3 is 18.9 Å². The number of hydrogen-bond donors (Lipinski definition) is 0. The fraction of sp³-hybridized carbons (Fsp3) is 0.0741. The van der Waals surface area contributed by atoms with Crippen molar-refractivity contribution in [2.75, 3.05) is 0 Å². The number of aryl methyl sites for hydroxylation is 2. The maximum atomic E-state index is 13.2. The van der Waals surface area contributed by atoms with Gasteiger partial charge in [-0.15, -0.1) is 0 Å². The monoisotopic (exact) mass is 433 g/mol. The summed E-state index contributed by atoms with van der Waals surface area (Å²) in [7, 11) is -0.0562. The zero-order valence-corrected chi connectivity index (χ0v) is 19.5. The molecule has 154 valence electrons. The molecule has 4 aromatic rings. The minimum absolute atomic E-state index is 0. The molecule has 0 aromatic heterocycles. The first kappa shape index (κ1) is 23.8. The summed E-state index contributed by atoms with van der Waals surface area (Å²) in [5.74, 6) is 2.74. The average Bonchev–Trinajstić information content (AvgIpc) is 2.77. The molecule has 0 fully saturated rings. The van der Waals surface area contributed by atoms with Crippen LogP contribution in [0.15, 0.2) is 97.1 Å². The minimum Gasteiger partial charge on any atom is -0.457 e. The van der Waals surface area contributed by atoms with Crippen molar-refractivity contribution in [2.45, 2.75) is 13.8 Å². The largest absolute Gasteiger partial charge is 1.00 e. The van der Waals surface area contributed by atoms with Crippen LogP contribution in [0.25, 0.3) is 0 Å². The van der Waals surface area contributed by atoms with E-state index in [1.54, 1.807) is 0 Å². The van der Waals surface area contributed by atoms with E-state index in [1.165, 1.54) is 0 Å². The zero-order valence-electron chi connectivity index (χ0n) is 18.5. The van der Waals surface area contributed by atoms with Gasteiger partial charge in [-0.25, -0.2) is 0 Å². The van der Waals surface area contributed by atoms with Crippen molar-refractivity contribution in [1.29, 1.82) is 0 Å². The Bertz CT molecular complexity index is 1170. The van der Waals surface area contributed by atoms with Gasteiger partial charge in [0.25, 0.3) is 0 Å². The molecule has 1 unspecified atom stereocenters. The fourth-order valence-electron chi connectivity index (χ4n) is 3.35. The van der Waals surface area contributed by atoms with E-state index in [1.807, 2.05) is 111 Å². The van der Waals surface area contributed by atoms with Gasteiger partial charge in [0.05, 0.1) is 0 Å². The predicted molar refractivity (Wildman–Crippen MR) is 128 cm³/mol. The first-order chi connectivity index (χ1) is 15.1. The number of para-hydroxylation sites is 2. The van der Waals surface area contributed by atoms with E-state index >= 15 is 0 Å². The van der Waals surface area contributed by atoms with Gasteiger partial charge in [0.15, 0.2) is 5.52 Å². The van der Waals surface area contributed by atoms with Crippen LogP contribution in [0.1, 0.15) is 21.5 Å². The van der Waals surface area contributed by atoms with Crippen LogP contribution in [0.4, 0.5) is 0 Å². The first-order valence-electron chi connectivity index (χ1n) is 10.1. The van der Waals surface area contributed by atoms with Gasteiger partial charge < -0.3 is 9.47 Å². The molecular weight excluding hydrogens is 410 g/mol. The van der Waals surface area contributed by atoms with Gasteiger partial charge in [-0.05, 0) is 70.0 Å². The number of carbonyl (C=O) groups excluding carboxylic acids is 1. The van der Waals surface area contributed by atoms with Crippen LogP contribution in [-0.4, -0.2) is 5.52 Å². The molecule has 0 saturated heterocycles. The Morgan fingerprint density at radius 2 is 1.22 bits per heavy atom. The maximum Gasteiger partial charge on any atom is 1.00 e. The molecule has 0 aliphatic carbocycles. The van der Waals surface area contributed by atoms with Crippen LogP contribution in [0.3, 0.4) is 0 Å². The Morgan fingerprint density at radius 3 is 1.81 bits per heavy atom. The van der Waals surface area contributed by atoms with Gasteiger partial charge in [-0.2, -0.15) is 0 Å². The molecule has 1 atom stereocenters. The standard InChI is InChI=1S/C27H23O3P.Li/c1-19-10-9-11-20(2)26(19)27(28)31-25-17-16-23(29-21-12-5-3-6-13-21)18-24(25)30-22-14-7-4-8-15-22;/h3-18,31H,1-2H3;/q;+1. The topological polar surface area (TPSA) is 35.5 Å². The third kappa shape index (κ3) is 5.90. The second-order valence-electron chi connectivity index (χ2n) is 7.21. The fourth-order valence-corrected chi connectivity index (χ4v) is 4.53. The van der Waals surface area contributed by atoms with Crippen molar-refractivity contribution in [3.05, 3.63) is 114 Å². The van der Waals surface area contributed by atoms with Crippen LogP contribution < -0.4 is 33.6 Å². The molecule has 32 heavy (non-hydrogen) atoms. The summed E-state index contributed by atoms with van der Waals surface area (Å²) in [5, 5.41) is 0.844. The molecule has 0 bridgehead atoms. The minimum atomic E-state index is -0.0562. The molecule has 4 aromatic carbocycles. The van der Waals surface area contributed by atoms with E-state index in [4.69, 9.17) is 9.47 Å². The van der Waals surface area contributed by atoms with Crippen LogP contribution in [0.2, 0.25) is 0 Å². The van der Waals surface area contributed by atoms with Crippen molar-refractivity contribution in [2.24, 2.45) is 0 Å². The number of carbonyl (C=O) groups is 1. The van der Waals surface area contributed by atoms with E-state index in [0.29, 0.717) is 17.2 Å². The number of ether oxygens (including phenoxy) is 2. The van der Waals surface area contributed by atoms with Crippen LogP contribution >= 0.6 is 8.58 Å². The van der Waals surface area contributed by atoms with E-state index < -0.39 is 0 Å². The smallest absolute Gasteiger partial charge is 0.457 e. The Morgan fingerprint density at radius 1 is 0.656 bits per heavy atom. The SMILES string of the molecule is Cc1cccc(C)c1C(=O)Pc1ccc(Oc2ccccc2)cc1Oc1ccccc1.[Li+]. The summed E-state index contributed by atoms with van der Waals surface area (Å²) in [4.78, 5) is 13.2. The average molecular weight is 433 g/mol. The van der Waals surface area contributed by atoms with Crippen molar-refractivity contribution in [3.63, 3.8) is 0 Å². The summed E-state index contributed by atoms with van der Waals surface area (Å²) in [6, 6.07) is 30.7. The van der Waals surface area contributed by atoms with Crippen LogP contribution in [0, 0.1) is 13.8 Å².